The fraction of sp³-hybridized carbons (Fsp3) is 0.600. The second-order valence-electron chi connectivity index (χ2n) is 5.28. The largest absolute Gasteiger partial charge is 0.504 e. The van der Waals surface area contributed by atoms with E-state index in [0.717, 1.165) is 45.8 Å². The SMILES string of the molecule is Oc1ccc(C(O)CNCCCN2CCOCC2)cc1O. The number of morpholine rings is 1. The summed E-state index contributed by atoms with van der Waals surface area (Å²) in [5, 5.41) is 31.8. The van der Waals surface area contributed by atoms with E-state index in [2.05, 4.69) is 10.2 Å². The van der Waals surface area contributed by atoms with Gasteiger partial charge in [-0.2, -0.15) is 0 Å². The van der Waals surface area contributed by atoms with Gasteiger partial charge in [0.05, 0.1) is 19.3 Å². The first-order valence-electron chi connectivity index (χ1n) is 7.37. The van der Waals surface area contributed by atoms with Gasteiger partial charge in [-0.25, -0.2) is 0 Å². The van der Waals surface area contributed by atoms with Gasteiger partial charge in [-0.1, -0.05) is 6.07 Å². The van der Waals surface area contributed by atoms with E-state index in [-0.39, 0.29) is 11.5 Å². The Labute approximate surface area is 125 Å². The molecule has 0 amide bonds. The van der Waals surface area contributed by atoms with Crippen LogP contribution in [0.2, 0.25) is 0 Å². The number of phenols is 2. The summed E-state index contributed by atoms with van der Waals surface area (Å²) in [6.07, 6.45) is 0.327. The highest BCUT2D eigenvalue weighted by Gasteiger charge is 2.11. The third kappa shape index (κ3) is 5.17. The Morgan fingerprint density at radius 1 is 1.19 bits per heavy atom. The van der Waals surface area contributed by atoms with Crippen LogP contribution in [0.1, 0.15) is 18.1 Å². The number of nitrogens with zero attached hydrogens (tertiary/aromatic N) is 1. The lowest BCUT2D eigenvalue weighted by atomic mass is 10.1. The molecule has 6 heteroatoms. The number of hydrogen-bond acceptors (Lipinski definition) is 6. The minimum atomic E-state index is -0.695. The molecule has 1 heterocycles. The van der Waals surface area contributed by atoms with E-state index in [1.54, 1.807) is 6.07 Å². The zero-order valence-corrected chi connectivity index (χ0v) is 12.2. The predicted octanol–water partition coefficient (Wildman–Crippen LogP) is 0.443. The van der Waals surface area contributed by atoms with E-state index < -0.39 is 6.10 Å². The third-order valence-corrected chi connectivity index (χ3v) is 3.65. The number of rotatable bonds is 7. The summed E-state index contributed by atoms with van der Waals surface area (Å²) in [7, 11) is 0. The number of ether oxygens (including phenoxy) is 1. The average molecular weight is 296 g/mol. The van der Waals surface area contributed by atoms with Crippen molar-refractivity contribution in [3.05, 3.63) is 23.8 Å². The zero-order chi connectivity index (χ0) is 15.1. The number of benzene rings is 1. The summed E-state index contributed by atoms with van der Waals surface area (Å²) in [5.74, 6) is -0.386. The maximum atomic E-state index is 10.0. The summed E-state index contributed by atoms with van der Waals surface area (Å²) < 4.78 is 5.30. The van der Waals surface area contributed by atoms with Crippen molar-refractivity contribution in [3.63, 3.8) is 0 Å². The van der Waals surface area contributed by atoms with Crippen LogP contribution in [0.5, 0.6) is 11.5 Å². The van der Waals surface area contributed by atoms with Crippen LogP contribution >= 0.6 is 0 Å². The molecule has 0 saturated carbocycles. The first-order valence-corrected chi connectivity index (χ1v) is 7.37. The number of aliphatic hydroxyl groups is 1. The lowest BCUT2D eigenvalue weighted by Crippen LogP contribution is -2.37. The van der Waals surface area contributed by atoms with Crippen molar-refractivity contribution in [2.75, 3.05) is 45.9 Å². The van der Waals surface area contributed by atoms with Gasteiger partial charge in [-0.15, -0.1) is 0 Å². The van der Waals surface area contributed by atoms with Crippen LogP contribution in [-0.4, -0.2) is 66.2 Å². The Morgan fingerprint density at radius 3 is 2.67 bits per heavy atom. The van der Waals surface area contributed by atoms with Crippen LogP contribution in [0.25, 0.3) is 0 Å². The number of phenolic OH excluding ortho intramolecular Hbond substituents is 2. The number of hydrogen-bond donors (Lipinski definition) is 4. The molecule has 1 aliphatic heterocycles. The van der Waals surface area contributed by atoms with E-state index >= 15 is 0 Å². The second kappa shape index (κ2) is 8.19. The van der Waals surface area contributed by atoms with Crippen molar-refractivity contribution >= 4 is 0 Å². The molecular formula is C15H24N2O4. The van der Waals surface area contributed by atoms with Crippen LogP contribution in [0.3, 0.4) is 0 Å². The fourth-order valence-electron chi connectivity index (χ4n) is 2.36. The highest BCUT2D eigenvalue weighted by molar-refractivity contribution is 5.41. The maximum absolute atomic E-state index is 10.0. The predicted molar refractivity (Wildman–Crippen MR) is 79.5 cm³/mol. The molecule has 1 aromatic carbocycles. The van der Waals surface area contributed by atoms with Crippen molar-refractivity contribution < 1.29 is 20.1 Å². The van der Waals surface area contributed by atoms with Gasteiger partial charge in [0.15, 0.2) is 11.5 Å². The maximum Gasteiger partial charge on any atom is 0.157 e. The molecule has 0 aliphatic carbocycles. The van der Waals surface area contributed by atoms with Crippen LogP contribution in [0.15, 0.2) is 18.2 Å². The molecule has 1 unspecified atom stereocenters. The minimum absolute atomic E-state index is 0.176. The van der Waals surface area contributed by atoms with Gasteiger partial charge in [0.2, 0.25) is 0 Å². The molecule has 6 nitrogen and oxygen atoms in total. The molecule has 0 aromatic heterocycles. The number of aromatic hydroxyl groups is 2. The Hall–Kier alpha value is -1.34. The van der Waals surface area contributed by atoms with Gasteiger partial charge in [0, 0.05) is 19.6 Å². The zero-order valence-electron chi connectivity index (χ0n) is 12.2. The summed E-state index contributed by atoms with van der Waals surface area (Å²) in [4.78, 5) is 2.37. The topological polar surface area (TPSA) is 85.2 Å². The molecule has 0 radical (unpaired) electrons. The molecule has 0 spiro atoms. The molecule has 4 N–H and O–H groups in total. The van der Waals surface area contributed by atoms with Crippen molar-refractivity contribution in [2.45, 2.75) is 12.5 Å². The van der Waals surface area contributed by atoms with Gasteiger partial charge in [-0.05, 0) is 37.2 Å². The van der Waals surface area contributed by atoms with Crippen molar-refractivity contribution in [3.8, 4) is 11.5 Å². The van der Waals surface area contributed by atoms with Crippen LogP contribution in [0, 0.1) is 0 Å². The first kappa shape index (κ1) is 16.0. The van der Waals surface area contributed by atoms with E-state index in [4.69, 9.17) is 4.74 Å². The summed E-state index contributed by atoms with van der Waals surface area (Å²) in [6.45, 7) is 5.91. The molecule has 118 valence electrons. The van der Waals surface area contributed by atoms with Gasteiger partial charge < -0.3 is 25.4 Å². The van der Waals surface area contributed by atoms with Crippen LogP contribution in [0.4, 0.5) is 0 Å². The van der Waals surface area contributed by atoms with Gasteiger partial charge in [-0.3, -0.25) is 4.90 Å². The molecule has 0 bridgehead atoms. The summed E-state index contributed by atoms with van der Waals surface area (Å²) in [6, 6.07) is 4.37. The smallest absolute Gasteiger partial charge is 0.157 e. The Kier molecular flexibility index (Phi) is 6.25. The molecule has 1 aliphatic rings. The Balaban J connectivity index is 1.62. The molecule has 1 fully saturated rings. The van der Waals surface area contributed by atoms with E-state index in [1.165, 1.54) is 12.1 Å². The molecule has 1 saturated heterocycles. The van der Waals surface area contributed by atoms with Crippen LogP contribution in [-0.2, 0) is 4.74 Å². The minimum Gasteiger partial charge on any atom is -0.504 e. The van der Waals surface area contributed by atoms with Gasteiger partial charge in [0.25, 0.3) is 0 Å². The van der Waals surface area contributed by atoms with Crippen molar-refractivity contribution in [1.29, 1.82) is 0 Å². The van der Waals surface area contributed by atoms with E-state index in [1.807, 2.05) is 0 Å². The summed E-state index contributed by atoms with van der Waals surface area (Å²) >= 11 is 0. The molecule has 21 heavy (non-hydrogen) atoms. The number of nitrogens with one attached hydrogen (secondary N) is 1. The molecule has 1 aromatic rings. The molecular weight excluding hydrogens is 272 g/mol. The highest BCUT2D eigenvalue weighted by atomic mass is 16.5. The highest BCUT2D eigenvalue weighted by Crippen LogP contribution is 2.27. The normalized spacial score (nSPS) is 17.8. The summed E-state index contributed by atoms with van der Waals surface area (Å²) in [5.41, 5.74) is 0.589. The van der Waals surface area contributed by atoms with Gasteiger partial charge >= 0.3 is 0 Å². The lowest BCUT2D eigenvalue weighted by Gasteiger charge is -2.26. The van der Waals surface area contributed by atoms with Crippen LogP contribution < -0.4 is 5.32 Å². The van der Waals surface area contributed by atoms with Crippen molar-refractivity contribution in [2.24, 2.45) is 0 Å². The third-order valence-electron chi connectivity index (χ3n) is 3.65. The Morgan fingerprint density at radius 2 is 1.95 bits per heavy atom. The monoisotopic (exact) mass is 296 g/mol. The van der Waals surface area contributed by atoms with E-state index in [0.29, 0.717) is 12.1 Å². The van der Waals surface area contributed by atoms with E-state index in [9.17, 15) is 15.3 Å². The lowest BCUT2D eigenvalue weighted by molar-refractivity contribution is 0.0373. The molecule has 2 rings (SSSR count). The number of aliphatic hydroxyl groups excluding tert-OH is 1. The first-order chi connectivity index (χ1) is 10.2. The van der Waals surface area contributed by atoms with Crippen molar-refractivity contribution in [1.82, 2.24) is 10.2 Å². The molecule has 1 atom stereocenters. The fourth-order valence-corrected chi connectivity index (χ4v) is 2.36. The Bertz CT molecular complexity index is 436. The quantitative estimate of drug-likeness (QED) is 0.432. The standard InChI is InChI=1S/C15H24N2O4/c18-13-3-2-12(10-14(13)19)15(20)11-16-4-1-5-17-6-8-21-9-7-17/h2-3,10,15-16,18-20H,1,4-9,11H2. The van der Waals surface area contributed by atoms with Gasteiger partial charge in [0.1, 0.15) is 0 Å². The average Bonchev–Trinajstić information content (AvgIpc) is 2.50. The second-order valence-corrected chi connectivity index (χ2v) is 5.28.